The van der Waals surface area contributed by atoms with Crippen molar-refractivity contribution in [1.82, 2.24) is 9.47 Å². The van der Waals surface area contributed by atoms with Crippen molar-refractivity contribution in [2.75, 3.05) is 0 Å². The van der Waals surface area contributed by atoms with Gasteiger partial charge in [0.05, 0.1) is 17.1 Å². The molecule has 1 amide bonds. The van der Waals surface area contributed by atoms with Crippen LogP contribution in [0.5, 0.6) is 0 Å². The van der Waals surface area contributed by atoms with Gasteiger partial charge in [0.1, 0.15) is 0 Å². The number of carbonyl (C=O) groups excluding carboxylic acids is 1. The first-order chi connectivity index (χ1) is 9.66. The first-order valence-corrected chi connectivity index (χ1v) is 7.20. The first kappa shape index (κ1) is 13.3. The number of aryl methyl sites for hydroxylation is 1. The van der Waals surface area contributed by atoms with Crippen LogP contribution in [0, 0.1) is 0 Å². The molecule has 0 saturated heterocycles. The predicted octanol–water partition coefficient (Wildman–Crippen LogP) is 3.48. The van der Waals surface area contributed by atoms with Crippen LogP contribution in [0.2, 0.25) is 5.02 Å². The third kappa shape index (κ3) is 2.59. The number of hydrogen-bond acceptors (Lipinski definition) is 1. The van der Waals surface area contributed by atoms with Gasteiger partial charge in [0.2, 0.25) is 0 Å². The van der Waals surface area contributed by atoms with Crippen LogP contribution in [-0.2, 0) is 13.6 Å². The summed E-state index contributed by atoms with van der Waals surface area (Å²) in [6, 6.07) is 11.7. The van der Waals surface area contributed by atoms with Crippen molar-refractivity contribution in [3.05, 3.63) is 58.9 Å². The number of rotatable bonds is 4. The van der Waals surface area contributed by atoms with Crippen LogP contribution in [0.15, 0.2) is 42.6 Å². The monoisotopic (exact) mass is 288 g/mol. The zero-order valence-electron chi connectivity index (χ0n) is 11.4. The lowest BCUT2D eigenvalue weighted by Crippen LogP contribution is -2.33. The fraction of sp³-hybridized carbons (Fsp3) is 0.312. The van der Waals surface area contributed by atoms with Gasteiger partial charge in [0.25, 0.3) is 5.91 Å². The molecule has 1 aliphatic carbocycles. The fourth-order valence-electron chi connectivity index (χ4n) is 2.38. The van der Waals surface area contributed by atoms with Crippen molar-refractivity contribution in [1.29, 1.82) is 0 Å². The van der Waals surface area contributed by atoms with E-state index in [-0.39, 0.29) is 5.91 Å². The van der Waals surface area contributed by atoms with Crippen LogP contribution < -0.4 is 0 Å². The van der Waals surface area contributed by atoms with E-state index < -0.39 is 0 Å². The summed E-state index contributed by atoms with van der Waals surface area (Å²) < 4.78 is 2.05. The number of benzene rings is 1. The summed E-state index contributed by atoms with van der Waals surface area (Å²) in [4.78, 5) is 14.7. The minimum Gasteiger partial charge on any atom is -0.353 e. The van der Waals surface area contributed by atoms with E-state index in [4.69, 9.17) is 11.6 Å². The fourth-order valence-corrected chi connectivity index (χ4v) is 2.59. The maximum absolute atomic E-state index is 12.7. The van der Waals surface area contributed by atoms with E-state index in [0.717, 1.165) is 18.5 Å². The van der Waals surface area contributed by atoms with Crippen LogP contribution in [0.4, 0.5) is 0 Å². The number of nitrogens with zero attached hydrogens (tertiary/aromatic N) is 2. The molecule has 0 atom stereocenters. The van der Waals surface area contributed by atoms with E-state index in [9.17, 15) is 4.79 Å². The molecular formula is C16H17ClN2O. The highest BCUT2D eigenvalue weighted by molar-refractivity contribution is 6.33. The second-order valence-corrected chi connectivity index (χ2v) is 5.66. The van der Waals surface area contributed by atoms with Crippen molar-refractivity contribution in [3.63, 3.8) is 0 Å². The number of halogens is 1. The average Bonchev–Trinajstić information content (AvgIpc) is 3.20. The van der Waals surface area contributed by atoms with E-state index in [1.807, 2.05) is 36.3 Å². The van der Waals surface area contributed by atoms with Crippen LogP contribution in [0.3, 0.4) is 0 Å². The highest BCUT2D eigenvalue weighted by Crippen LogP contribution is 2.31. The second-order valence-electron chi connectivity index (χ2n) is 5.25. The Morgan fingerprint density at radius 3 is 2.65 bits per heavy atom. The zero-order chi connectivity index (χ0) is 14.1. The largest absolute Gasteiger partial charge is 0.353 e. The summed E-state index contributed by atoms with van der Waals surface area (Å²) in [6.07, 6.45) is 4.17. The Morgan fingerprint density at radius 2 is 2.05 bits per heavy atom. The molecular weight excluding hydrogens is 272 g/mol. The molecule has 20 heavy (non-hydrogen) atoms. The SMILES string of the molecule is Cn1cccc1CN(C(=O)c1ccccc1Cl)C1CC1. The number of carbonyl (C=O) groups is 1. The van der Waals surface area contributed by atoms with Crippen molar-refractivity contribution in [2.45, 2.75) is 25.4 Å². The molecule has 4 heteroatoms. The summed E-state index contributed by atoms with van der Waals surface area (Å²) >= 11 is 6.15. The van der Waals surface area contributed by atoms with Gasteiger partial charge < -0.3 is 9.47 Å². The standard InChI is InChI=1S/C16H17ClN2O/c1-18-10-4-5-13(18)11-19(12-8-9-12)16(20)14-6-2-3-7-15(14)17/h2-7,10,12H,8-9,11H2,1H3. The molecule has 3 nitrogen and oxygen atoms in total. The molecule has 0 N–H and O–H groups in total. The van der Waals surface area contributed by atoms with Crippen LogP contribution >= 0.6 is 11.6 Å². The van der Waals surface area contributed by atoms with Gasteiger partial charge >= 0.3 is 0 Å². The first-order valence-electron chi connectivity index (χ1n) is 6.82. The molecule has 0 bridgehead atoms. The van der Waals surface area contributed by atoms with Gasteiger partial charge in [0.15, 0.2) is 0 Å². The Bertz CT molecular complexity index is 631. The molecule has 1 saturated carbocycles. The van der Waals surface area contributed by atoms with Crippen molar-refractivity contribution >= 4 is 17.5 Å². The van der Waals surface area contributed by atoms with Gasteiger partial charge in [-0.25, -0.2) is 0 Å². The predicted molar refractivity (Wildman–Crippen MR) is 79.8 cm³/mol. The minimum atomic E-state index is 0.0271. The number of hydrogen-bond donors (Lipinski definition) is 0. The number of aromatic nitrogens is 1. The summed E-state index contributed by atoms with van der Waals surface area (Å²) in [6.45, 7) is 0.637. The molecule has 1 aliphatic rings. The molecule has 2 aromatic rings. The summed E-state index contributed by atoms with van der Waals surface area (Å²) in [5, 5.41) is 0.523. The van der Waals surface area contributed by atoms with Gasteiger partial charge in [-0.1, -0.05) is 23.7 Å². The van der Waals surface area contributed by atoms with E-state index in [1.165, 1.54) is 0 Å². The van der Waals surface area contributed by atoms with Gasteiger partial charge in [-0.2, -0.15) is 0 Å². The van der Waals surface area contributed by atoms with E-state index in [0.29, 0.717) is 23.2 Å². The molecule has 0 spiro atoms. The lowest BCUT2D eigenvalue weighted by atomic mass is 10.2. The van der Waals surface area contributed by atoms with Crippen LogP contribution in [0.1, 0.15) is 28.9 Å². The minimum absolute atomic E-state index is 0.0271. The molecule has 0 radical (unpaired) electrons. The molecule has 0 unspecified atom stereocenters. The highest BCUT2D eigenvalue weighted by Gasteiger charge is 2.34. The van der Waals surface area contributed by atoms with Gasteiger partial charge in [0, 0.05) is 25.0 Å². The molecule has 1 aromatic carbocycles. The third-order valence-electron chi connectivity index (χ3n) is 3.74. The highest BCUT2D eigenvalue weighted by atomic mass is 35.5. The smallest absolute Gasteiger partial charge is 0.255 e. The Hall–Kier alpha value is -1.74. The second kappa shape index (κ2) is 5.33. The summed E-state index contributed by atoms with van der Waals surface area (Å²) in [5.74, 6) is 0.0271. The van der Waals surface area contributed by atoms with Crippen molar-refractivity contribution in [3.8, 4) is 0 Å². The molecule has 1 aromatic heterocycles. The van der Waals surface area contributed by atoms with Gasteiger partial charge in [-0.15, -0.1) is 0 Å². The average molecular weight is 289 g/mol. The Kier molecular flexibility index (Phi) is 3.53. The van der Waals surface area contributed by atoms with Gasteiger partial charge in [-0.3, -0.25) is 4.79 Å². The Balaban J connectivity index is 1.86. The van der Waals surface area contributed by atoms with Crippen LogP contribution in [-0.4, -0.2) is 21.4 Å². The van der Waals surface area contributed by atoms with E-state index >= 15 is 0 Å². The molecule has 0 aliphatic heterocycles. The lowest BCUT2D eigenvalue weighted by molar-refractivity contribution is 0.0726. The maximum Gasteiger partial charge on any atom is 0.255 e. The summed E-state index contributed by atoms with van der Waals surface area (Å²) in [5.41, 5.74) is 1.73. The molecule has 104 valence electrons. The Labute approximate surface area is 123 Å². The normalized spacial score (nSPS) is 14.3. The molecule has 1 fully saturated rings. The van der Waals surface area contributed by atoms with Crippen LogP contribution in [0.25, 0.3) is 0 Å². The molecule has 1 heterocycles. The summed E-state index contributed by atoms with van der Waals surface area (Å²) in [7, 11) is 2.00. The quantitative estimate of drug-likeness (QED) is 0.845. The van der Waals surface area contributed by atoms with E-state index in [2.05, 4.69) is 10.6 Å². The lowest BCUT2D eigenvalue weighted by Gasteiger charge is -2.23. The maximum atomic E-state index is 12.7. The third-order valence-corrected chi connectivity index (χ3v) is 4.07. The number of amides is 1. The topological polar surface area (TPSA) is 25.2 Å². The zero-order valence-corrected chi connectivity index (χ0v) is 12.2. The van der Waals surface area contributed by atoms with E-state index in [1.54, 1.807) is 12.1 Å². The molecule has 3 rings (SSSR count). The van der Waals surface area contributed by atoms with Crippen molar-refractivity contribution < 1.29 is 4.79 Å². The van der Waals surface area contributed by atoms with Crippen molar-refractivity contribution in [2.24, 2.45) is 7.05 Å². The van der Waals surface area contributed by atoms with Gasteiger partial charge in [-0.05, 0) is 37.1 Å². The Morgan fingerprint density at radius 1 is 1.30 bits per heavy atom.